The SMILES string of the molecule is Nc1ncccc1Cc1cccc(Br)c1F. The molecule has 0 unspecified atom stereocenters. The minimum absolute atomic E-state index is 0.245. The van der Waals surface area contributed by atoms with Gasteiger partial charge in [0.25, 0.3) is 0 Å². The summed E-state index contributed by atoms with van der Waals surface area (Å²) in [6.45, 7) is 0. The molecule has 1 heterocycles. The van der Waals surface area contributed by atoms with Gasteiger partial charge in [0.05, 0.1) is 4.47 Å². The van der Waals surface area contributed by atoms with Crippen LogP contribution in [0.3, 0.4) is 0 Å². The van der Waals surface area contributed by atoms with Crippen LogP contribution in [0.5, 0.6) is 0 Å². The fourth-order valence-electron chi connectivity index (χ4n) is 1.49. The molecule has 0 spiro atoms. The molecule has 0 saturated heterocycles. The number of hydrogen-bond acceptors (Lipinski definition) is 2. The van der Waals surface area contributed by atoms with Crippen molar-refractivity contribution >= 4 is 21.7 Å². The number of rotatable bonds is 2. The fourth-order valence-corrected chi connectivity index (χ4v) is 1.90. The Kier molecular flexibility index (Phi) is 3.19. The summed E-state index contributed by atoms with van der Waals surface area (Å²) in [6.07, 6.45) is 2.07. The van der Waals surface area contributed by atoms with Gasteiger partial charge in [-0.2, -0.15) is 0 Å². The first-order valence-corrected chi connectivity index (χ1v) is 5.60. The van der Waals surface area contributed by atoms with E-state index in [2.05, 4.69) is 20.9 Å². The third-order valence-electron chi connectivity index (χ3n) is 2.34. The van der Waals surface area contributed by atoms with Crippen LogP contribution in [0.1, 0.15) is 11.1 Å². The average molecular weight is 281 g/mol. The van der Waals surface area contributed by atoms with Gasteiger partial charge in [0.1, 0.15) is 11.6 Å². The Hall–Kier alpha value is -1.42. The Morgan fingerprint density at radius 2 is 1.94 bits per heavy atom. The molecular formula is C12H10BrFN2. The number of halogens is 2. The molecule has 0 radical (unpaired) electrons. The Labute approximate surface area is 101 Å². The Morgan fingerprint density at radius 1 is 1.19 bits per heavy atom. The van der Waals surface area contributed by atoms with Crippen molar-refractivity contribution in [2.45, 2.75) is 6.42 Å². The first kappa shape index (κ1) is 11.1. The monoisotopic (exact) mass is 280 g/mol. The van der Waals surface area contributed by atoms with E-state index in [1.54, 1.807) is 30.5 Å². The van der Waals surface area contributed by atoms with Gasteiger partial charge in [-0.3, -0.25) is 0 Å². The number of hydrogen-bond donors (Lipinski definition) is 1. The molecule has 2 nitrogen and oxygen atoms in total. The van der Waals surface area contributed by atoms with Crippen molar-refractivity contribution in [3.8, 4) is 0 Å². The number of nitrogens with two attached hydrogens (primary N) is 1. The largest absolute Gasteiger partial charge is 0.383 e. The molecule has 0 aliphatic heterocycles. The summed E-state index contributed by atoms with van der Waals surface area (Å²) < 4.78 is 14.2. The molecule has 0 amide bonds. The smallest absolute Gasteiger partial charge is 0.140 e. The standard InChI is InChI=1S/C12H10BrFN2/c13-10-5-1-3-8(11(10)14)7-9-4-2-6-16-12(9)15/h1-6H,7H2,(H2,15,16). The number of anilines is 1. The van der Waals surface area contributed by atoms with Crippen LogP contribution >= 0.6 is 15.9 Å². The molecule has 1 aromatic heterocycles. The fraction of sp³-hybridized carbons (Fsp3) is 0.0833. The van der Waals surface area contributed by atoms with Gasteiger partial charge >= 0.3 is 0 Å². The van der Waals surface area contributed by atoms with Gasteiger partial charge in [-0.15, -0.1) is 0 Å². The van der Waals surface area contributed by atoms with Crippen molar-refractivity contribution < 1.29 is 4.39 Å². The highest BCUT2D eigenvalue weighted by Crippen LogP contribution is 2.22. The van der Waals surface area contributed by atoms with Crippen molar-refractivity contribution in [1.29, 1.82) is 0 Å². The van der Waals surface area contributed by atoms with Crippen LogP contribution in [0, 0.1) is 5.82 Å². The molecule has 0 atom stereocenters. The molecule has 0 aliphatic carbocycles. The second-order valence-electron chi connectivity index (χ2n) is 3.44. The van der Waals surface area contributed by atoms with E-state index in [0.717, 1.165) is 5.56 Å². The second-order valence-corrected chi connectivity index (χ2v) is 4.29. The molecule has 2 N–H and O–H groups in total. The zero-order valence-electron chi connectivity index (χ0n) is 8.45. The summed E-state index contributed by atoms with van der Waals surface area (Å²) in [5.41, 5.74) is 7.15. The molecule has 1 aromatic carbocycles. The number of nitrogens with zero attached hydrogens (tertiary/aromatic N) is 1. The third kappa shape index (κ3) is 2.22. The molecule has 4 heteroatoms. The molecular weight excluding hydrogens is 271 g/mol. The lowest BCUT2D eigenvalue weighted by Gasteiger charge is -2.06. The minimum atomic E-state index is -0.245. The highest BCUT2D eigenvalue weighted by Gasteiger charge is 2.08. The summed E-state index contributed by atoms with van der Waals surface area (Å²) in [4.78, 5) is 3.97. The van der Waals surface area contributed by atoms with Gasteiger partial charge in [-0.25, -0.2) is 9.37 Å². The average Bonchev–Trinajstić information content (AvgIpc) is 2.28. The van der Waals surface area contributed by atoms with Crippen molar-refractivity contribution in [3.63, 3.8) is 0 Å². The highest BCUT2D eigenvalue weighted by atomic mass is 79.9. The van der Waals surface area contributed by atoms with Gasteiger partial charge in [0.15, 0.2) is 0 Å². The molecule has 0 fully saturated rings. The molecule has 0 bridgehead atoms. The lowest BCUT2D eigenvalue weighted by Crippen LogP contribution is -1.99. The maximum atomic E-state index is 13.7. The second kappa shape index (κ2) is 4.61. The van der Waals surface area contributed by atoms with Crippen molar-refractivity contribution in [2.75, 3.05) is 5.73 Å². The summed E-state index contributed by atoms with van der Waals surface area (Å²) in [5.74, 6) is 0.202. The van der Waals surface area contributed by atoms with Gasteiger partial charge in [0.2, 0.25) is 0 Å². The van der Waals surface area contributed by atoms with Crippen LogP contribution in [0.2, 0.25) is 0 Å². The predicted octanol–water partition coefficient (Wildman–Crippen LogP) is 3.16. The zero-order valence-corrected chi connectivity index (χ0v) is 10.0. The minimum Gasteiger partial charge on any atom is -0.383 e. The predicted molar refractivity (Wildman–Crippen MR) is 65.6 cm³/mol. The number of aromatic nitrogens is 1. The van der Waals surface area contributed by atoms with Crippen LogP contribution in [0.15, 0.2) is 41.0 Å². The molecule has 0 saturated carbocycles. The summed E-state index contributed by atoms with van der Waals surface area (Å²) >= 11 is 3.16. The lowest BCUT2D eigenvalue weighted by atomic mass is 10.1. The Balaban J connectivity index is 2.35. The Bertz CT molecular complexity index is 514. The van der Waals surface area contributed by atoms with Crippen molar-refractivity contribution in [3.05, 3.63) is 57.9 Å². The van der Waals surface area contributed by atoms with E-state index in [1.165, 1.54) is 0 Å². The number of benzene rings is 1. The quantitative estimate of drug-likeness (QED) is 0.918. The lowest BCUT2D eigenvalue weighted by molar-refractivity contribution is 0.607. The third-order valence-corrected chi connectivity index (χ3v) is 2.95. The first-order chi connectivity index (χ1) is 7.68. The van der Waals surface area contributed by atoms with E-state index in [9.17, 15) is 4.39 Å². The van der Waals surface area contributed by atoms with Crippen LogP contribution in [-0.2, 0) is 6.42 Å². The van der Waals surface area contributed by atoms with Crippen LogP contribution < -0.4 is 5.73 Å². The van der Waals surface area contributed by atoms with E-state index < -0.39 is 0 Å². The van der Waals surface area contributed by atoms with E-state index in [4.69, 9.17) is 5.73 Å². The molecule has 82 valence electrons. The van der Waals surface area contributed by atoms with Gasteiger partial charge < -0.3 is 5.73 Å². The summed E-state index contributed by atoms with van der Waals surface area (Å²) in [6, 6.07) is 8.86. The number of pyridine rings is 1. The van der Waals surface area contributed by atoms with E-state index in [-0.39, 0.29) is 5.82 Å². The maximum Gasteiger partial charge on any atom is 0.140 e. The van der Waals surface area contributed by atoms with Crippen LogP contribution in [-0.4, -0.2) is 4.98 Å². The molecule has 16 heavy (non-hydrogen) atoms. The van der Waals surface area contributed by atoms with E-state index >= 15 is 0 Å². The Morgan fingerprint density at radius 3 is 2.69 bits per heavy atom. The first-order valence-electron chi connectivity index (χ1n) is 4.80. The van der Waals surface area contributed by atoms with Crippen LogP contribution in [0.25, 0.3) is 0 Å². The molecule has 0 aliphatic rings. The van der Waals surface area contributed by atoms with E-state index in [0.29, 0.717) is 22.3 Å². The van der Waals surface area contributed by atoms with Gasteiger partial charge in [0, 0.05) is 12.6 Å². The molecule has 2 aromatic rings. The van der Waals surface area contributed by atoms with Crippen molar-refractivity contribution in [1.82, 2.24) is 4.98 Å². The molecule has 2 rings (SSSR count). The van der Waals surface area contributed by atoms with Crippen molar-refractivity contribution in [2.24, 2.45) is 0 Å². The number of nitrogen functional groups attached to an aromatic ring is 1. The maximum absolute atomic E-state index is 13.7. The highest BCUT2D eigenvalue weighted by molar-refractivity contribution is 9.10. The normalized spacial score (nSPS) is 10.4. The summed E-state index contributed by atoms with van der Waals surface area (Å²) in [7, 11) is 0. The summed E-state index contributed by atoms with van der Waals surface area (Å²) in [5, 5.41) is 0. The van der Waals surface area contributed by atoms with Gasteiger partial charge in [-0.05, 0) is 39.2 Å². The van der Waals surface area contributed by atoms with Gasteiger partial charge in [-0.1, -0.05) is 18.2 Å². The van der Waals surface area contributed by atoms with Crippen LogP contribution in [0.4, 0.5) is 10.2 Å². The van der Waals surface area contributed by atoms with E-state index in [1.807, 2.05) is 6.07 Å². The topological polar surface area (TPSA) is 38.9 Å². The zero-order chi connectivity index (χ0) is 11.5.